The number of aromatic amines is 1. The van der Waals surface area contributed by atoms with Crippen molar-refractivity contribution in [3.8, 4) is 0 Å². The van der Waals surface area contributed by atoms with Crippen LogP contribution in [0.5, 0.6) is 0 Å². The number of H-pyrrole nitrogens is 1. The summed E-state index contributed by atoms with van der Waals surface area (Å²) < 4.78 is 5.42. The van der Waals surface area contributed by atoms with E-state index in [0.29, 0.717) is 5.56 Å². The summed E-state index contributed by atoms with van der Waals surface area (Å²) >= 11 is 0. The van der Waals surface area contributed by atoms with E-state index in [1.807, 2.05) is 26.0 Å². The number of urea groups is 1. The van der Waals surface area contributed by atoms with Crippen LogP contribution in [0.4, 0.5) is 4.79 Å². The number of furan rings is 1. The second kappa shape index (κ2) is 6.32. The molecule has 6 nitrogen and oxygen atoms in total. The highest BCUT2D eigenvalue weighted by molar-refractivity contribution is 5.74. The van der Waals surface area contributed by atoms with Gasteiger partial charge in [0.25, 0.3) is 5.56 Å². The molecule has 0 spiro atoms. The minimum Gasteiger partial charge on any atom is -0.469 e. The Morgan fingerprint density at radius 1 is 1.43 bits per heavy atom. The standard InChI is InChI=1S/C17H21N3O3/c1-10-8-11(2)19-16(21)13(10)9-18-17(22)20-14-4-3-5-15-12(14)6-7-23-15/h6-8,14H,3-5,9H2,1-2H3,(H,19,21)(H2,18,20,22)/t14-/m0/s1. The highest BCUT2D eigenvalue weighted by Gasteiger charge is 2.23. The van der Waals surface area contributed by atoms with Gasteiger partial charge in [-0.1, -0.05) is 0 Å². The molecule has 23 heavy (non-hydrogen) atoms. The molecule has 0 saturated carbocycles. The number of aromatic nitrogens is 1. The molecule has 2 aromatic heterocycles. The van der Waals surface area contributed by atoms with Crippen LogP contribution in [0.15, 0.2) is 27.6 Å². The lowest BCUT2D eigenvalue weighted by atomic mass is 9.93. The molecule has 0 fully saturated rings. The molecule has 2 heterocycles. The van der Waals surface area contributed by atoms with Crippen LogP contribution in [0.1, 0.15) is 47.0 Å². The monoisotopic (exact) mass is 315 g/mol. The number of rotatable bonds is 3. The second-order valence-electron chi connectivity index (χ2n) is 6.01. The molecule has 0 aliphatic heterocycles. The van der Waals surface area contributed by atoms with Crippen LogP contribution in [-0.2, 0) is 13.0 Å². The minimum atomic E-state index is -0.275. The molecule has 1 aliphatic rings. The van der Waals surface area contributed by atoms with Gasteiger partial charge in [-0.15, -0.1) is 0 Å². The fraction of sp³-hybridized carbons (Fsp3) is 0.412. The van der Waals surface area contributed by atoms with E-state index in [9.17, 15) is 9.59 Å². The van der Waals surface area contributed by atoms with Crippen molar-refractivity contribution in [1.82, 2.24) is 15.6 Å². The summed E-state index contributed by atoms with van der Waals surface area (Å²) in [6, 6.07) is 3.50. The lowest BCUT2D eigenvalue weighted by molar-refractivity contribution is 0.234. The summed E-state index contributed by atoms with van der Waals surface area (Å²) in [5.74, 6) is 0.951. The Morgan fingerprint density at radius 3 is 3.04 bits per heavy atom. The van der Waals surface area contributed by atoms with Gasteiger partial charge in [-0.3, -0.25) is 4.79 Å². The first-order valence-corrected chi connectivity index (χ1v) is 7.84. The largest absolute Gasteiger partial charge is 0.469 e. The molecule has 2 amide bonds. The highest BCUT2D eigenvalue weighted by Crippen LogP contribution is 2.30. The SMILES string of the molecule is Cc1cc(C)c(CNC(=O)N[C@H]2CCCc3occc32)c(=O)[nH]1. The number of pyridine rings is 1. The maximum absolute atomic E-state index is 12.1. The number of carbonyl (C=O) groups excluding carboxylic acids is 1. The van der Waals surface area contributed by atoms with E-state index in [1.54, 1.807) is 6.26 Å². The minimum absolute atomic E-state index is 0.0325. The van der Waals surface area contributed by atoms with Crippen molar-refractivity contribution in [3.63, 3.8) is 0 Å². The van der Waals surface area contributed by atoms with E-state index in [4.69, 9.17) is 4.42 Å². The second-order valence-corrected chi connectivity index (χ2v) is 6.01. The molecule has 0 bridgehead atoms. The van der Waals surface area contributed by atoms with E-state index in [2.05, 4.69) is 15.6 Å². The molecule has 1 aliphatic carbocycles. The van der Waals surface area contributed by atoms with Crippen LogP contribution < -0.4 is 16.2 Å². The molecular formula is C17H21N3O3. The molecule has 122 valence electrons. The van der Waals surface area contributed by atoms with Crippen molar-refractivity contribution in [2.24, 2.45) is 0 Å². The summed E-state index contributed by atoms with van der Waals surface area (Å²) in [7, 11) is 0. The zero-order chi connectivity index (χ0) is 16.4. The number of carbonyl (C=O) groups is 1. The number of hydrogen-bond donors (Lipinski definition) is 3. The molecule has 6 heteroatoms. The smallest absolute Gasteiger partial charge is 0.315 e. The van der Waals surface area contributed by atoms with Gasteiger partial charge in [-0.05, 0) is 44.4 Å². The maximum Gasteiger partial charge on any atom is 0.315 e. The Labute approximate surface area is 134 Å². The molecule has 3 N–H and O–H groups in total. The van der Waals surface area contributed by atoms with Crippen LogP contribution in [0.2, 0.25) is 0 Å². The number of hydrogen-bond acceptors (Lipinski definition) is 3. The Balaban J connectivity index is 1.62. The Kier molecular flexibility index (Phi) is 4.23. The fourth-order valence-electron chi connectivity index (χ4n) is 3.12. The summed E-state index contributed by atoms with van der Waals surface area (Å²) in [6.45, 7) is 3.91. The van der Waals surface area contributed by atoms with E-state index >= 15 is 0 Å². The average Bonchev–Trinajstić information content (AvgIpc) is 2.95. The molecule has 0 radical (unpaired) electrons. The third-order valence-corrected chi connectivity index (χ3v) is 4.28. The van der Waals surface area contributed by atoms with Crippen molar-refractivity contribution in [3.05, 3.63) is 56.9 Å². The predicted molar refractivity (Wildman–Crippen MR) is 86.3 cm³/mol. The van der Waals surface area contributed by atoms with Crippen molar-refractivity contribution >= 4 is 6.03 Å². The van der Waals surface area contributed by atoms with Crippen LogP contribution in [0.25, 0.3) is 0 Å². The van der Waals surface area contributed by atoms with Gasteiger partial charge < -0.3 is 20.0 Å². The summed E-state index contributed by atoms with van der Waals surface area (Å²) in [6.07, 6.45) is 4.46. The van der Waals surface area contributed by atoms with Crippen LogP contribution in [-0.4, -0.2) is 11.0 Å². The summed E-state index contributed by atoms with van der Waals surface area (Å²) in [4.78, 5) is 26.8. The molecule has 0 aromatic carbocycles. The number of aryl methyl sites for hydroxylation is 3. The van der Waals surface area contributed by atoms with Crippen molar-refractivity contribution < 1.29 is 9.21 Å². The van der Waals surface area contributed by atoms with Crippen LogP contribution >= 0.6 is 0 Å². The van der Waals surface area contributed by atoms with Crippen molar-refractivity contribution in [2.45, 2.75) is 45.7 Å². The zero-order valence-corrected chi connectivity index (χ0v) is 13.4. The first-order chi connectivity index (χ1) is 11.0. The number of amides is 2. The van der Waals surface area contributed by atoms with E-state index < -0.39 is 0 Å². The Morgan fingerprint density at radius 2 is 2.26 bits per heavy atom. The topological polar surface area (TPSA) is 87.1 Å². The van der Waals surface area contributed by atoms with Gasteiger partial charge in [0.1, 0.15) is 5.76 Å². The Hall–Kier alpha value is -2.50. The van der Waals surface area contributed by atoms with Crippen molar-refractivity contribution in [2.75, 3.05) is 0 Å². The number of fused-ring (bicyclic) bond motifs is 1. The van der Waals surface area contributed by atoms with Gasteiger partial charge in [-0.2, -0.15) is 0 Å². The highest BCUT2D eigenvalue weighted by atomic mass is 16.3. The average molecular weight is 315 g/mol. The predicted octanol–water partition coefficient (Wildman–Crippen LogP) is 2.46. The molecule has 0 unspecified atom stereocenters. The summed E-state index contributed by atoms with van der Waals surface area (Å²) in [5.41, 5.74) is 3.17. The third kappa shape index (κ3) is 3.31. The first kappa shape index (κ1) is 15.4. The quantitative estimate of drug-likeness (QED) is 0.813. The maximum atomic E-state index is 12.1. The van der Waals surface area contributed by atoms with Crippen LogP contribution in [0.3, 0.4) is 0 Å². The van der Waals surface area contributed by atoms with Gasteiger partial charge in [0, 0.05) is 23.2 Å². The first-order valence-electron chi connectivity index (χ1n) is 7.84. The van der Waals surface area contributed by atoms with E-state index in [0.717, 1.165) is 41.8 Å². The Bertz CT molecular complexity index is 776. The fourth-order valence-corrected chi connectivity index (χ4v) is 3.12. The van der Waals surface area contributed by atoms with E-state index in [1.165, 1.54) is 0 Å². The molecular weight excluding hydrogens is 294 g/mol. The van der Waals surface area contributed by atoms with Gasteiger partial charge >= 0.3 is 6.03 Å². The molecule has 0 saturated heterocycles. The van der Waals surface area contributed by atoms with Gasteiger partial charge in [0.2, 0.25) is 0 Å². The van der Waals surface area contributed by atoms with Crippen molar-refractivity contribution in [1.29, 1.82) is 0 Å². The third-order valence-electron chi connectivity index (χ3n) is 4.28. The van der Waals surface area contributed by atoms with E-state index in [-0.39, 0.29) is 24.2 Å². The van der Waals surface area contributed by atoms with Crippen LogP contribution in [0, 0.1) is 13.8 Å². The molecule has 2 aromatic rings. The number of nitrogens with one attached hydrogen (secondary N) is 3. The normalized spacial score (nSPS) is 16.7. The van der Waals surface area contributed by atoms with Gasteiger partial charge in [0.05, 0.1) is 18.8 Å². The lowest BCUT2D eigenvalue weighted by Crippen LogP contribution is -2.39. The zero-order valence-electron chi connectivity index (χ0n) is 13.4. The van der Waals surface area contributed by atoms with Gasteiger partial charge in [-0.25, -0.2) is 4.79 Å². The lowest BCUT2D eigenvalue weighted by Gasteiger charge is -2.23. The summed E-state index contributed by atoms with van der Waals surface area (Å²) in [5, 5.41) is 5.73. The molecule has 3 rings (SSSR count). The van der Waals surface area contributed by atoms with Gasteiger partial charge in [0.15, 0.2) is 0 Å². The molecule has 1 atom stereocenters.